The van der Waals surface area contributed by atoms with E-state index in [0.717, 1.165) is 11.3 Å². The molecule has 1 aromatic heterocycles. The van der Waals surface area contributed by atoms with Crippen LogP contribution < -0.4 is 10.6 Å². The number of thiophene rings is 1. The molecule has 0 fully saturated rings. The molecule has 0 aromatic carbocycles. The number of esters is 2. The van der Waals surface area contributed by atoms with E-state index in [9.17, 15) is 19.2 Å². The number of hydrogen-bond acceptors (Lipinski definition) is 8. The Labute approximate surface area is 174 Å². The predicted molar refractivity (Wildman–Crippen MR) is 108 cm³/mol. The Balaban J connectivity index is 2.73. The molecule has 1 heterocycles. The molecule has 1 rings (SSSR count). The fourth-order valence-electron chi connectivity index (χ4n) is 2.15. The summed E-state index contributed by atoms with van der Waals surface area (Å²) >= 11 is 1.03. The van der Waals surface area contributed by atoms with Crippen LogP contribution in [-0.4, -0.2) is 48.8 Å². The number of hydrogen-bond donors (Lipinski definition) is 2. The van der Waals surface area contributed by atoms with Crippen LogP contribution in [0.2, 0.25) is 0 Å². The van der Waals surface area contributed by atoms with Gasteiger partial charge in [0.1, 0.15) is 11.6 Å². The van der Waals surface area contributed by atoms with E-state index in [1.165, 1.54) is 6.07 Å². The van der Waals surface area contributed by atoms with Crippen molar-refractivity contribution in [3.63, 3.8) is 0 Å². The summed E-state index contributed by atoms with van der Waals surface area (Å²) in [4.78, 5) is 48.2. The molecule has 0 saturated carbocycles. The molecule has 2 N–H and O–H groups in total. The number of rotatable bonds is 9. The van der Waals surface area contributed by atoms with E-state index in [2.05, 4.69) is 10.6 Å². The Morgan fingerprint density at radius 1 is 1.07 bits per heavy atom. The largest absolute Gasteiger partial charge is 0.466 e. The zero-order valence-corrected chi connectivity index (χ0v) is 18.1. The molecular formula is C19H28N2O7S. The van der Waals surface area contributed by atoms with Gasteiger partial charge in [-0.05, 0) is 53.2 Å². The van der Waals surface area contributed by atoms with Crippen molar-refractivity contribution < 1.29 is 33.4 Å². The van der Waals surface area contributed by atoms with Crippen LogP contribution in [0.3, 0.4) is 0 Å². The van der Waals surface area contributed by atoms with Crippen molar-refractivity contribution in [2.24, 2.45) is 0 Å². The minimum absolute atomic E-state index is 0.0342. The first-order valence-corrected chi connectivity index (χ1v) is 10.1. The van der Waals surface area contributed by atoms with Crippen LogP contribution in [0.15, 0.2) is 12.1 Å². The van der Waals surface area contributed by atoms with Crippen molar-refractivity contribution in [2.45, 2.75) is 59.1 Å². The third kappa shape index (κ3) is 9.42. The van der Waals surface area contributed by atoms with Crippen LogP contribution in [0.4, 0.5) is 9.80 Å². The summed E-state index contributed by atoms with van der Waals surface area (Å²) in [5.74, 6) is -1.61. The second kappa shape index (κ2) is 11.4. The Kier molecular flexibility index (Phi) is 9.60. The molecule has 29 heavy (non-hydrogen) atoms. The minimum Gasteiger partial charge on any atom is -0.466 e. The van der Waals surface area contributed by atoms with Crippen molar-refractivity contribution >= 4 is 40.3 Å². The molecule has 0 unspecified atom stereocenters. The lowest BCUT2D eigenvalue weighted by atomic mass is 10.1. The fourth-order valence-corrected chi connectivity index (χ4v) is 2.94. The molecule has 1 atom stereocenters. The molecule has 0 spiro atoms. The first-order valence-electron chi connectivity index (χ1n) is 9.28. The molecule has 0 bridgehead atoms. The highest BCUT2D eigenvalue weighted by atomic mass is 32.1. The van der Waals surface area contributed by atoms with Gasteiger partial charge < -0.3 is 19.5 Å². The van der Waals surface area contributed by atoms with E-state index in [1.807, 2.05) is 0 Å². The highest BCUT2D eigenvalue weighted by molar-refractivity contribution is 7.18. The van der Waals surface area contributed by atoms with Crippen molar-refractivity contribution in [1.29, 1.82) is 0 Å². The van der Waals surface area contributed by atoms with Gasteiger partial charge in [-0.1, -0.05) is 0 Å². The maximum absolute atomic E-state index is 12.5. The predicted octanol–water partition coefficient (Wildman–Crippen LogP) is 3.10. The summed E-state index contributed by atoms with van der Waals surface area (Å²) in [7, 11) is 0. The lowest BCUT2D eigenvalue weighted by Gasteiger charge is -2.19. The van der Waals surface area contributed by atoms with E-state index in [1.54, 1.807) is 40.7 Å². The van der Waals surface area contributed by atoms with E-state index in [4.69, 9.17) is 14.2 Å². The molecule has 10 heteroatoms. The first kappa shape index (κ1) is 24.4. The lowest BCUT2D eigenvalue weighted by molar-refractivity contribution is -0.146. The van der Waals surface area contributed by atoms with E-state index in [-0.39, 0.29) is 30.9 Å². The summed E-state index contributed by atoms with van der Waals surface area (Å²) < 4.78 is 15.0. The van der Waals surface area contributed by atoms with Gasteiger partial charge >= 0.3 is 18.0 Å². The maximum atomic E-state index is 12.5. The summed E-state index contributed by atoms with van der Waals surface area (Å²) in [5, 5.41) is 5.53. The fraction of sp³-hybridized carbons (Fsp3) is 0.579. The third-order valence-electron chi connectivity index (χ3n) is 3.27. The number of nitrogens with one attached hydrogen (secondary N) is 2. The molecule has 9 nitrogen and oxygen atoms in total. The molecule has 2 amide bonds. The number of anilines is 1. The second-order valence-electron chi connectivity index (χ2n) is 6.91. The van der Waals surface area contributed by atoms with Crippen LogP contribution in [0, 0.1) is 0 Å². The molecule has 0 saturated heterocycles. The van der Waals surface area contributed by atoms with Gasteiger partial charge in [-0.25, -0.2) is 9.59 Å². The number of amides is 2. The molecule has 0 aliphatic carbocycles. The highest BCUT2D eigenvalue weighted by Gasteiger charge is 2.25. The number of carbonyl (C=O) groups is 4. The average Bonchev–Trinajstić information content (AvgIpc) is 3.05. The number of ether oxygens (including phenoxy) is 3. The van der Waals surface area contributed by atoms with Crippen molar-refractivity contribution in [3.05, 3.63) is 17.0 Å². The smallest absolute Gasteiger partial charge is 0.412 e. The van der Waals surface area contributed by atoms with E-state index in [0.29, 0.717) is 5.00 Å². The van der Waals surface area contributed by atoms with Crippen molar-refractivity contribution in [2.75, 3.05) is 18.5 Å². The average molecular weight is 429 g/mol. The van der Waals surface area contributed by atoms with Gasteiger partial charge in [-0.2, -0.15) is 0 Å². The van der Waals surface area contributed by atoms with E-state index >= 15 is 0 Å². The standard InChI is InChI=1S/C19H28N2O7S/c1-6-26-15(22)11-8-12(17(24)27-7-2)20-16(23)13-9-10-14(29-13)21-18(25)28-19(3,4)5/h9-10,12H,6-8,11H2,1-5H3,(H,20,23)(H,21,25)/t12-/m0/s1. The Morgan fingerprint density at radius 2 is 1.72 bits per heavy atom. The van der Waals surface area contributed by atoms with Gasteiger partial charge in [-0.15, -0.1) is 11.3 Å². The molecule has 0 aliphatic rings. The summed E-state index contributed by atoms with van der Waals surface area (Å²) in [5.41, 5.74) is -0.646. The van der Waals surface area contributed by atoms with Crippen LogP contribution >= 0.6 is 11.3 Å². The van der Waals surface area contributed by atoms with Crippen molar-refractivity contribution in [3.8, 4) is 0 Å². The summed E-state index contributed by atoms with van der Waals surface area (Å²) in [6.45, 7) is 8.94. The SMILES string of the molecule is CCOC(=O)CC[C@H](NC(=O)c1ccc(NC(=O)OC(C)(C)C)s1)C(=O)OCC. The lowest BCUT2D eigenvalue weighted by Crippen LogP contribution is -2.42. The Bertz CT molecular complexity index is 724. The monoisotopic (exact) mass is 428 g/mol. The molecular weight excluding hydrogens is 400 g/mol. The second-order valence-corrected chi connectivity index (χ2v) is 8.00. The molecule has 1 aromatic rings. The molecule has 0 radical (unpaired) electrons. The van der Waals surface area contributed by atoms with Gasteiger partial charge in [0.2, 0.25) is 0 Å². The topological polar surface area (TPSA) is 120 Å². The van der Waals surface area contributed by atoms with E-state index < -0.39 is 35.6 Å². The molecule has 162 valence electrons. The first-order chi connectivity index (χ1) is 13.6. The van der Waals surface area contributed by atoms with Crippen LogP contribution in [0.25, 0.3) is 0 Å². The van der Waals surface area contributed by atoms with Gasteiger partial charge in [0.25, 0.3) is 5.91 Å². The van der Waals surface area contributed by atoms with Crippen LogP contribution in [-0.2, 0) is 23.8 Å². The van der Waals surface area contributed by atoms with Gasteiger partial charge in [-0.3, -0.25) is 14.9 Å². The molecule has 0 aliphatic heterocycles. The third-order valence-corrected chi connectivity index (χ3v) is 4.27. The van der Waals surface area contributed by atoms with Gasteiger partial charge in [0.15, 0.2) is 0 Å². The number of carbonyl (C=O) groups excluding carboxylic acids is 4. The Hall–Kier alpha value is -2.62. The minimum atomic E-state index is -0.990. The zero-order chi connectivity index (χ0) is 22.0. The zero-order valence-electron chi connectivity index (χ0n) is 17.3. The Morgan fingerprint density at radius 3 is 2.31 bits per heavy atom. The highest BCUT2D eigenvalue weighted by Crippen LogP contribution is 2.23. The summed E-state index contributed by atoms with van der Waals surface area (Å²) in [6.07, 6.45) is -0.615. The van der Waals surface area contributed by atoms with Gasteiger partial charge in [0, 0.05) is 6.42 Å². The van der Waals surface area contributed by atoms with Crippen LogP contribution in [0.5, 0.6) is 0 Å². The van der Waals surface area contributed by atoms with Gasteiger partial charge in [0.05, 0.1) is 23.1 Å². The summed E-state index contributed by atoms with van der Waals surface area (Å²) in [6, 6.07) is 2.08. The van der Waals surface area contributed by atoms with Crippen molar-refractivity contribution in [1.82, 2.24) is 5.32 Å². The quantitative estimate of drug-likeness (QED) is 0.458. The maximum Gasteiger partial charge on any atom is 0.412 e. The van der Waals surface area contributed by atoms with Crippen LogP contribution in [0.1, 0.15) is 57.1 Å². The normalized spacial score (nSPS) is 11.9.